The molecule has 1 fully saturated rings. The minimum absolute atomic E-state index is 0.209. The standard InChI is InChI=1S/C10H14N2O3/c1-10(2,6-4-3-5-6)9-11-7(8(13)14)12-15-9/h6H,3-5H2,1-2H3,(H,13,14). The summed E-state index contributed by atoms with van der Waals surface area (Å²) < 4.78 is 5.01. The Morgan fingerprint density at radius 3 is 2.60 bits per heavy atom. The van der Waals surface area contributed by atoms with Crippen LogP contribution in [0, 0.1) is 5.92 Å². The van der Waals surface area contributed by atoms with Crippen molar-refractivity contribution in [1.82, 2.24) is 10.1 Å². The van der Waals surface area contributed by atoms with Crippen molar-refractivity contribution in [3.63, 3.8) is 0 Å². The van der Waals surface area contributed by atoms with E-state index in [1.807, 2.05) is 13.8 Å². The molecular formula is C10H14N2O3. The van der Waals surface area contributed by atoms with Crippen LogP contribution in [0.4, 0.5) is 0 Å². The average Bonchev–Trinajstić information content (AvgIpc) is 2.46. The quantitative estimate of drug-likeness (QED) is 0.823. The third-order valence-corrected chi connectivity index (χ3v) is 3.29. The highest BCUT2D eigenvalue weighted by molar-refractivity contribution is 5.82. The first-order chi connectivity index (χ1) is 7.01. The van der Waals surface area contributed by atoms with E-state index < -0.39 is 5.97 Å². The molecule has 1 N–H and O–H groups in total. The number of carboxylic acids is 1. The monoisotopic (exact) mass is 210 g/mol. The highest BCUT2D eigenvalue weighted by atomic mass is 16.5. The van der Waals surface area contributed by atoms with Crippen molar-refractivity contribution in [3.05, 3.63) is 11.7 Å². The fourth-order valence-corrected chi connectivity index (χ4v) is 1.88. The van der Waals surface area contributed by atoms with Gasteiger partial charge in [-0.3, -0.25) is 0 Å². The van der Waals surface area contributed by atoms with Crippen LogP contribution in [0.1, 0.15) is 49.6 Å². The zero-order chi connectivity index (χ0) is 11.1. The molecule has 15 heavy (non-hydrogen) atoms. The smallest absolute Gasteiger partial charge is 0.377 e. The van der Waals surface area contributed by atoms with Crippen LogP contribution in [0.5, 0.6) is 0 Å². The molecule has 1 saturated carbocycles. The van der Waals surface area contributed by atoms with Gasteiger partial charge in [-0.2, -0.15) is 4.98 Å². The van der Waals surface area contributed by atoms with Crippen molar-refractivity contribution in [2.24, 2.45) is 5.92 Å². The average molecular weight is 210 g/mol. The Balaban J connectivity index is 2.23. The molecule has 0 aliphatic heterocycles. The largest absolute Gasteiger partial charge is 0.475 e. The fraction of sp³-hybridized carbons (Fsp3) is 0.700. The van der Waals surface area contributed by atoms with Gasteiger partial charge in [-0.05, 0) is 23.9 Å². The second kappa shape index (κ2) is 3.32. The van der Waals surface area contributed by atoms with E-state index in [4.69, 9.17) is 9.63 Å². The number of rotatable bonds is 3. The lowest BCUT2D eigenvalue weighted by molar-refractivity contribution is 0.0680. The van der Waals surface area contributed by atoms with Gasteiger partial charge < -0.3 is 9.63 Å². The molecule has 0 aromatic carbocycles. The molecule has 2 rings (SSSR count). The Bertz CT molecular complexity index is 380. The van der Waals surface area contributed by atoms with Crippen LogP contribution in [0.3, 0.4) is 0 Å². The molecule has 1 heterocycles. The summed E-state index contributed by atoms with van der Waals surface area (Å²) in [6.07, 6.45) is 3.53. The molecule has 82 valence electrons. The Morgan fingerprint density at radius 1 is 1.53 bits per heavy atom. The van der Waals surface area contributed by atoms with Crippen LogP contribution in [-0.4, -0.2) is 21.2 Å². The summed E-state index contributed by atoms with van der Waals surface area (Å²) in [6.45, 7) is 4.05. The Labute approximate surface area is 87.5 Å². The maximum atomic E-state index is 10.6. The summed E-state index contributed by atoms with van der Waals surface area (Å²) in [5.74, 6) is -0.434. The SMILES string of the molecule is CC(C)(c1nc(C(=O)O)no1)C1CCC1. The lowest BCUT2D eigenvalue weighted by Crippen LogP contribution is -2.34. The van der Waals surface area contributed by atoms with Crippen LogP contribution < -0.4 is 0 Å². The van der Waals surface area contributed by atoms with Crippen molar-refractivity contribution in [2.45, 2.75) is 38.5 Å². The Kier molecular flexibility index (Phi) is 2.25. The first-order valence-corrected chi connectivity index (χ1v) is 5.09. The fourth-order valence-electron chi connectivity index (χ4n) is 1.88. The third kappa shape index (κ3) is 1.62. The molecular weight excluding hydrogens is 196 g/mol. The number of carbonyl (C=O) groups is 1. The van der Waals surface area contributed by atoms with Crippen molar-refractivity contribution < 1.29 is 14.4 Å². The number of carboxylic acid groups (broad SMARTS) is 1. The van der Waals surface area contributed by atoms with Crippen molar-refractivity contribution in [3.8, 4) is 0 Å². The molecule has 0 spiro atoms. The third-order valence-electron chi connectivity index (χ3n) is 3.29. The lowest BCUT2D eigenvalue weighted by atomic mass is 9.67. The van der Waals surface area contributed by atoms with E-state index >= 15 is 0 Å². The van der Waals surface area contributed by atoms with Crippen LogP contribution in [0.25, 0.3) is 0 Å². The summed E-state index contributed by atoms with van der Waals surface area (Å²) in [4.78, 5) is 14.5. The van der Waals surface area contributed by atoms with Gasteiger partial charge in [0.05, 0.1) is 0 Å². The van der Waals surface area contributed by atoms with Gasteiger partial charge >= 0.3 is 5.97 Å². The van der Waals surface area contributed by atoms with E-state index in [0.29, 0.717) is 11.8 Å². The normalized spacial score (nSPS) is 17.5. The van der Waals surface area contributed by atoms with E-state index in [1.54, 1.807) is 0 Å². The lowest BCUT2D eigenvalue weighted by Gasteiger charge is -2.37. The first-order valence-electron chi connectivity index (χ1n) is 5.09. The summed E-state index contributed by atoms with van der Waals surface area (Å²) in [6, 6.07) is 0. The predicted octanol–water partition coefficient (Wildman–Crippen LogP) is 1.85. The maximum Gasteiger partial charge on any atom is 0.377 e. The van der Waals surface area contributed by atoms with Gasteiger partial charge in [-0.15, -0.1) is 0 Å². The minimum atomic E-state index is -1.14. The molecule has 0 atom stereocenters. The molecule has 1 aliphatic rings. The Morgan fingerprint density at radius 2 is 2.20 bits per heavy atom. The molecule has 0 radical (unpaired) electrons. The van der Waals surface area contributed by atoms with E-state index in [2.05, 4.69) is 10.1 Å². The van der Waals surface area contributed by atoms with Crippen LogP contribution >= 0.6 is 0 Å². The zero-order valence-corrected chi connectivity index (χ0v) is 8.86. The highest BCUT2D eigenvalue weighted by Crippen LogP contribution is 2.42. The van der Waals surface area contributed by atoms with Gasteiger partial charge in [0.15, 0.2) is 0 Å². The van der Waals surface area contributed by atoms with Crippen LogP contribution in [0.15, 0.2) is 4.52 Å². The molecule has 5 nitrogen and oxygen atoms in total. The van der Waals surface area contributed by atoms with Crippen LogP contribution in [-0.2, 0) is 5.41 Å². The number of nitrogens with zero attached hydrogens (tertiary/aromatic N) is 2. The molecule has 1 aromatic heterocycles. The summed E-state index contributed by atoms with van der Waals surface area (Å²) in [5, 5.41) is 12.1. The van der Waals surface area contributed by atoms with E-state index in [0.717, 1.165) is 12.8 Å². The molecule has 0 saturated heterocycles. The summed E-state index contributed by atoms with van der Waals surface area (Å²) in [7, 11) is 0. The van der Waals surface area contributed by atoms with Crippen molar-refractivity contribution in [1.29, 1.82) is 0 Å². The number of hydrogen-bond acceptors (Lipinski definition) is 4. The van der Waals surface area contributed by atoms with Gasteiger partial charge in [-0.1, -0.05) is 20.3 Å². The maximum absolute atomic E-state index is 10.6. The molecule has 0 unspecified atom stereocenters. The number of hydrogen-bond donors (Lipinski definition) is 1. The molecule has 1 aromatic rings. The summed E-state index contributed by atoms with van der Waals surface area (Å²) >= 11 is 0. The second-order valence-corrected chi connectivity index (χ2v) is 4.58. The highest BCUT2D eigenvalue weighted by Gasteiger charge is 2.40. The molecule has 0 amide bonds. The minimum Gasteiger partial charge on any atom is -0.475 e. The summed E-state index contributed by atoms with van der Waals surface area (Å²) in [5.41, 5.74) is -0.209. The van der Waals surface area contributed by atoms with E-state index in [-0.39, 0.29) is 11.2 Å². The zero-order valence-electron chi connectivity index (χ0n) is 8.86. The predicted molar refractivity (Wildman–Crippen MR) is 51.6 cm³/mol. The van der Waals surface area contributed by atoms with Gasteiger partial charge in [-0.25, -0.2) is 4.79 Å². The van der Waals surface area contributed by atoms with E-state index in [1.165, 1.54) is 6.42 Å². The van der Waals surface area contributed by atoms with Gasteiger partial charge in [0, 0.05) is 5.41 Å². The van der Waals surface area contributed by atoms with Crippen LogP contribution in [0.2, 0.25) is 0 Å². The van der Waals surface area contributed by atoms with Gasteiger partial charge in [0.2, 0.25) is 5.89 Å². The van der Waals surface area contributed by atoms with Crippen molar-refractivity contribution in [2.75, 3.05) is 0 Å². The molecule has 1 aliphatic carbocycles. The van der Waals surface area contributed by atoms with Gasteiger partial charge in [0.25, 0.3) is 5.82 Å². The molecule has 5 heteroatoms. The molecule has 0 bridgehead atoms. The Hall–Kier alpha value is -1.39. The van der Waals surface area contributed by atoms with E-state index in [9.17, 15) is 4.79 Å². The number of aromatic carboxylic acids is 1. The van der Waals surface area contributed by atoms with Gasteiger partial charge in [0.1, 0.15) is 0 Å². The topological polar surface area (TPSA) is 76.2 Å². The van der Waals surface area contributed by atoms with Crippen molar-refractivity contribution >= 4 is 5.97 Å². The number of aromatic nitrogens is 2. The first kappa shape index (κ1) is 10.1. The second-order valence-electron chi connectivity index (χ2n) is 4.58.